The molecule has 0 unspecified atom stereocenters. The van der Waals surface area contributed by atoms with Crippen LogP contribution in [0.25, 0.3) is 11.0 Å². The van der Waals surface area contributed by atoms with Crippen molar-refractivity contribution in [3.63, 3.8) is 0 Å². The van der Waals surface area contributed by atoms with Gasteiger partial charge in [0.2, 0.25) is 10.0 Å². The van der Waals surface area contributed by atoms with Crippen molar-refractivity contribution in [2.45, 2.75) is 20.3 Å². The average molecular weight is 336 g/mol. The first-order valence-electron chi connectivity index (χ1n) is 8.13. The zero-order valence-electron chi connectivity index (χ0n) is 13.7. The third-order valence-electron chi connectivity index (χ3n) is 4.44. The molecule has 1 saturated heterocycles. The number of hydrogen-bond acceptors (Lipinski definition) is 4. The van der Waals surface area contributed by atoms with Crippen LogP contribution in [0, 0.1) is 6.92 Å². The van der Waals surface area contributed by atoms with Gasteiger partial charge in [0.15, 0.2) is 0 Å². The summed E-state index contributed by atoms with van der Waals surface area (Å²) in [6.45, 7) is 7.44. The lowest BCUT2D eigenvalue weighted by Crippen LogP contribution is -2.49. The largest absolute Gasteiger partial charge is 0.342 e. The summed E-state index contributed by atoms with van der Waals surface area (Å²) in [5, 5.41) is 0. The number of aromatic amines is 1. The molecule has 1 N–H and O–H groups in total. The molecule has 0 atom stereocenters. The third-order valence-corrected chi connectivity index (χ3v) is 6.32. The molecule has 0 aliphatic carbocycles. The quantitative estimate of drug-likeness (QED) is 0.896. The number of H-pyrrole nitrogens is 1. The van der Waals surface area contributed by atoms with E-state index in [1.165, 1.54) is 5.56 Å². The molecule has 0 spiro atoms. The van der Waals surface area contributed by atoms with Crippen LogP contribution in [-0.4, -0.2) is 66.1 Å². The van der Waals surface area contributed by atoms with Crippen molar-refractivity contribution in [3.8, 4) is 0 Å². The lowest BCUT2D eigenvalue weighted by atomic mass is 10.2. The van der Waals surface area contributed by atoms with E-state index >= 15 is 0 Å². The zero-order valence-corrected chi connectivity index (χ0v) is 14.6. The number of aromatic nitrogens is 2. The van der Waals surface area contributed by atoms with Crippen LogP contribution in [0.1, 0.15) is 18.3 Å². The van der Waals surface area contributed by atoms with Gasteiger partial charge < -0.3 is 9.88 Å². The van der Waals surface area contributed by atoms with E-state index in [0.717, 1.165) is 42.9 Å². The molecule has 1 fully saturated rings. The summed E-state index contributed by atoms with van der Waals surface area (Å²) >= 11 is 0. The highest BCUT2D eigenvalue weighted by molar-refractivity contribution is 7.89. The Hall–Kier alpha value is -1.44. The minimum atomic E-state index is -3.05. The SMILES string of the molecule is CCS(=O)(=O)N1CCN(CCc2nc3ccc(C)cc3[nH]2)CC1. The van der Waals surface area contributed by atoms with Gasteiger partial charge in [0.1, 0.15) is 5.82 Å². The van der Waals surface area contributed by atoms with Gasteiger partial charge in [-0.1, -0.05) is 6.07 Å². The lowest BCUT2D eigenvalue weighted by Gasteiger charge is -2.33. The van der Waals surface area contributed by atoms with E-state index in [1.54, 1.807) is 11.2 Å². The lowest BCUT2D eigenvalue weighted by molar-refractivity contribution is 0.189. The molecule has 0 amide bonds. The highest BCUT2D eigenvalue weighted by Gasteiger charge is 2.25. The number of aryl methyl sites for hydroxylation is 1. The van der Waals surface area contributed by atoms with Crippen LogP contribution in [0.2, 0.25) is 0 Å². The number of piperazine rings is 1. The Morgan fingerprint density at radius 2 is 1.96 bits per heavy atom. The Bertz CT molecular complexity index is 776. The molecule has 2 aromatic rings. The Morgan fingerprint density at radius 3 is 2.65 bits per heavy atom. The van der Waals surface area contributed by atoms with Crippen molar-refractivity contribution in [2.24, 2.45) is 0 Å². The van der Waals surface area contributed by atoms with Gasteiger partial charge in [0.05, 0.1) is 16.8 Å². The van der Waals surface area contributed by atoms with E-state index < -0.39 is 10.0 Å². The minimum absolute atomic E-state index is 0.186. The molecule has 6 nitrogen and oxygen atoms in total. The van der Waals surface area contributed by atoms with Gasteiger partial charge in [-0.25, -0.2) is 13.4 Å². The second-order valence-electron chi connectivity index (χ2n) is 6.10. The van der Waals surface area contributed by atoms with Crippen LogP contribution in [-0.2, 0) is 16.4 Å². The van der Waals surface area contributed by atoms with E-state index in [9.17, 15) is 8.42 Å². The standard InChI is InChI=1S/C16H24N4O2S/c1-3-23(21,22)20-10-8-19(9-11-20)7-6-16-17-14-5-4-13(2)12-15(14)18-16/h4-5,12H,3,6-11H2,1-2H3,(H,17,18). The van der Waals surface area contributed by atoms with Crippen LogP contribution in [0.4, 0.5) is 0 Å². The maximum absolute atomic E-state index is 11.9. The Balaban J connectivity index is 1.55. The molecule has 1 aromatic carbocycles. The first-order valence-corrected chi connectivity index (χ1v) is 9.74. The Morgan fingerprint density at radius 1 is 1.22 bits per heavy atom. The predicted molar refractivity (Wildman–Crippen MR) is 92.0 cm³/mol. The molecule has 3 rings (SSSR count). The normalized spacial score (nSPS) is 17.8. The number of nitrogens with zero attached hydrogens (tertiary/aromatic N) is 3. The zero-order chi connectivity index (χ0) is 16.4. The van der Waals surface area contributed by atoms with Gasteiger partial charge in [-0.05, 0) is 31.5 Å². The first kappa shape index (κ1) is 16.4. The van der Waals surface area contributed by atoms with Gasteiger partial charge in [-0.15, -0.1) is 0 Å². The predicted octanol–water partition coefficient (Wildman–Crippen LogP) is 1.38. The smallest absolute Gasteiger partial charge is 0.213 e. The van der Waals surface area contributed by atoms with Crippen molar-refractivity contribution in [2.75, 3.05) is 38.5 Å². The summed E-state index contributed by atoms with van der Waals surface area (Å²) in [6.07, 6.45) is 0.855. The fourth-order valence-electron chi connectivity index (χ4n) is 2.97. The summed E-state index contributed by atoms with van der Waals surface area (Å²) in [5.74, 6) is 1.18. The number of benzene rings is 1. The van der Waals surface area contributed by atoms with Crippen LogP contribution in [0.5, 0.6) is 0 Å². The molecular formula is C16H24N4O2S. The van der Waals surface area contributed by atoms with Gasteiger partial charge >= 0.3 is 0 Å². The molecule has 0 bridgehead atoms. The van der Waals surface area contributed by atoms with Crippen molar-refractivity contribution in [1.82, 2.24) is 19.2 Å². The van der Waals surface area contributed by atoms with Gasteiger partial charge in [0, 0.05) is 39.1 Å². The summed E-state index contributed by atoms with van der Waals surface area (Å²) in [7, 11) is -3.05. The number of fused-ring (bicyclic) bond motifs is 1. The minimum Gasteiger partial charge on any atom is -0.342 e. The molecule has 0 radical (unpaired) electrons. The summed E-state index contributed by atoms with van der Waals surface area (Å²) in [6, 6.07) is 6.22. The van der Waals surface area contributed by atoms with E-state index in [2.05, 4.69) is 33.9 Å². The Labute approximate surface area is 137 Å². The molecule has 2 heterocycles. The average Bonchev–Trinajstić information content (AvgIpc) is 2.95. The van der Waals surface area contributed by atoms with Gasteiger partial charge in [-0.2, -0.15) is 4.31 Å². The van der Waals surface area contributed by atoms with E-state index in [0.29, 0.717) is 13.1 Å². The number of nitrogens with one attached hydrogen (secondary N) is 1. The molecule has 7 heteroatoms. The van der Waals surface area contributed by atoms with Gasteiger partial charge in [0.25, 0.3) is 0 Å². The molecule has 1 aliphatic rings. The number of rotatable bonds is 5. The summed E-state index contributed by atoms with van der Waals surface area (Å²) < 4.78 is 25.3. The Kier molecular flexibility index (Phi) is 4.70. The summed E-state index contributed by atoms with van der Waals surface area (Å²) in [4.78, 5) is 10.3. The maximum Gasteiger partial charge on any atom is 0.213 e. The topological polar surface area (TPSA) is 69.3 Å². The van der Waals surface area contributed by atoms with Gasteiger partial charge in [-0.3, -0.25) is 0 Å². The second-order valence-corrected chi connectivity index (χ2v) is 8.35. The number of hydrogen-bond donors (Lipinski definition) is 1. The highest BCUT2D eigenvalue weighted by Crippen LogP contribution is 2.14. The molecule has 1 aliphatic heterocycles. The number of sulfonamides is 1. The van der Waals surface area contributed by atoms with E-state index in [4.69, 9.17) is 0 Å². The second kappa shape index (κ2) is 6.59. The molecule has 0 saturated carbocycles. The summed E-state index contributed by atoms with van der Waals surface area (Å²) in [5.41, 5.74) is 3.31. The fourth-order valence-corrected chi connectivity index (χ4v) is 4.06. The fraction of sp³-hybridized carbons (Fsp3) is 0.562. The molecule has 126 valence electrons. The molecule has 23 heavy (non-hydrogen) atoms. The van der Waals surface area contributed by atoms with E-state index in [-0.39, 0.29) is 5.75 Å². The van der Waals surface area contributed by atoms with Crippen LogP contribution in [0.15, 0.2) is 18.2 Å². The van der Waals surface area contributed by atoms with Crippen molar-refractivity contribution in [3.05, 3.63) is 29.6 Å². The van der Waals surface area contributed by atoms with Crippen molar-refractivity contribution >= 4 is 21.1 Å². The molecular weight excluding hydrogens is 312 g/mol. The monoisotopic (exact) mass is 336 g/mol. The van der Waals surface area contributed by atoms with Crippen LogP contribution < -0.4 is 0 Å². The maximum atomic E-state index is 11.9. The van der Waals surface area contributed by atoms with Crippen molar-refractivity contribution < 1.29 is 8.42 Å². The van der Waals surface area contributed by atoms with E-state index in [1.807, 2.05) is 6.07 Å². The first-order chi connectivity index (χ1) is 11.0. The highest BCUT2D eigenvalue weighted by atomic mass is 32.2. The van der Waals surface area contributed by atoms with Crippen molar-refractivity contribution in [1.29, 1.82) is 0 Å². The number of imidazole rings is 1. The van der Waals surface area contributed by atoms with Crippen LogP contribution in [0.3, 0.4) is 0 Å². The molecule has 1 aromatic heterocycles. The third kappa shape index (κ3) is 3.73. The van der Waals surface area contributed by atoms with Crippen LogP contribution >= 0.6 is 0 Å².